The van der Waals surface area contributed by atoms with Gasteiger partial charge in [-0.15, -0.1) is 0 Å². The van der Waals surface area contributed by atoms with Gasteiger partial charge in [-0.1, -0.05) is 35.3 Å². The molecule has 0 aromatic heterocycles. The van der Waals surface area contributed by atoms with Crippen molar-refractivity contribution in [3.63, 3.8) is 0 Å². The third-order valence-electron chi connectivity index (χ3n) is 3.46. The molecule has 4 heteroatoms. The maximum Gasteiger partial charge on any atom is 0.141 e. The molecule has 0 aliphatic heterocycles. The second-order valence-electron chi connectivity index (χ2n) is 5.09. The molecule has 1 N–H and O–H groups in total. The van der Waals surface area contributed by atoms with Crippen molar-refractivity contribution in [1.82, 2.24) is 5.32 Å². The zero-order chi connectivity index (χ0) is 14.1. The van der Waals surface area contributed by atoms with Crippen molar-refractivity contribution >= 4 is 23.2 Å². The van der Waals surface area contributed by atoms with Gasteiger partial charge in [0.25, 0.3) is 0 Å². The average Bonchev–Trinajstić information content (AvgIpc) is 3.24. The lowest BCUT2D eigenvalue weighted by Crippen LogP contribution is -2.15. The highest BCUT2D eigenvalue weighted by Crippen LogP contribution is 2.30. The molecule has 20 heavy (non-hydrogen) atoms. The molecule has 0 heterocycles. The second kappa shape index (κ2) is 5.72. The molecule has 1 fully saturated rings. The first-order valence-electron chi connectivity index (χ1n) is 6.61. The first-order valence-corrected chi connectivity index (χ1v) is 7.36. The highest BCUT2D eigenvalue weighted by Gasteiger charge is 2.20. The van der Waals surface area contributed by atoms with Crippen LogP contribution in [0.5, 0.6) is 0 Å². The highest BCUT2D eigenvalue weighted by molar-refractivity contribution is 6.31. The lowest BCUT2D eigenvalue weighted by Gasteiger charge is -2.12. The van der Waals surface area contributed by atoms with Gasteiger partial charge in [0.2, 0.25) is 0 Å². The number of halogens is 3. The zero-order valence-electron chi connectivity index (χ0n) is 10.8. The summed E-state index contributed by atoms with van der Waals surface area (Å²) in [5.74, 6) is -0.407. The summed E-state index contributed by atoms with van der Waals surface area (Å²) in [7, 11) is 0. The van der Waals surface area contributed by atoms with Crippen molar-refractivity contribution in [3.8, 4) is 11.1 Å². The number of hydrogen-bond acceptors (Lipinski definition) is 1. The van der Waals surface area contributed by atoms with Crippen LogP contribution in [0.3, 0.4) is 0 Å². The Hall–Kier alpha value is -1.09. The summed E-state index contributed by atoms with van der Waals surface area (Å²) in [6, 6.07) is 11.2. The van der Waals surface area contributed by atoms with Crippen LogP contribution in [0.25, 0.3) is 11.1 Å². The summed E-state index contributed by atoms with van der Waals surface area (Å²) >= 11 is 12.0. The van der Waals surface area contributed by atoms with Crippen molar-refractivity contribution in [2.75, 3.05) is 0 Å². The van der Waals surface area contributed by atoms with E-state index in [9.17, 15) is 4.39 Å². The fourth-order valence-corrected chi connectivity index (χ4v) is 2.53. The Bertz CT molecular complexity index is 638. The van der Waals surface area contributed by atoms with Gasteiger partial charge in [0.15, 0.2) is 0 Å². The van der Waals surface area contributed by atoms with E-state index in [2.05, 4.69) is 5.32 Å². The Labute approximate surface area is 127 Å². The standard InChI is InChI=1S/C16H14Cl2FN/c17-12-3-1-11(9-20-13-4-5-13)14(8-12)10-2-6-16(19)15(18)7-10/h1-3,6-8,13,20H,4-5,9H2. The number of nitrogens with one attached hydrogen (secondary N) is 1. The van der Waals surface area contributed by atoms with Gasteiger partial charge in [0.1, 0.15) is 5.82 Å². The largest absolute Gasteiger partial charge is 0.310 e. The van der Waals surface area contributed by atoms with Crippen molar-refractivity contribution in [3.05, 3.63) is 57.8 Å². The molecule has 0 amide bonds. The summed E-state index contributed by atoms with van der Waals surface area (Å²) in [6.07, 6.45) is 2.48. The molecule has 1 aliphatic carbocycles. The van der Waals surface area contributed by atoms with Crippen LogP contribution < -0.4 is 5.32 Å². The van der Waals surface area contributed by atoms with E-state index in [1.165, 1.54) is 18.9 Å². The molecule has 3 rings (SSSR count). The van der Waals surface area contributed by atoms with Gasteiger partial charge < -0.3 is 5.32 Å². The smallest absolute Gasteiger partial charge is 0.141 e. The van der Waals surface area contributed by atoms with E-state index in [4.69, 9.17) is 23.2 Å². The molecule has 104 valence electrons. The van der Waals surface area contributed by atoms with Crippen molar-refractivity contribution in [1.29, 1.82) is 0 Å². The lowest BCUT2D eigenvalue weighted by atomic mass is 9.99. The van der Waals surface area contributed by atoms with E-state index in [1.807, 2.05) is 18.2 Å². The quantitative estimate of drug-likeness (QED) is 0.833. The molecule has 1 aliphatic rings. The Morgan fingerprint density at radius 1 is 1.10 bits per heavy atom. The van der Waals surface area contributed by atoms with E-state index in [1.54, 1.807) is 12.1 Å². The fourth-order valence-electron chi connectivity index (χ4n) is 2.18. The summed E-state index contributed by atoms with van der Waals surface area (Å²) in [5, 5.41) is 4.27. The van der Waals surface area contributed by atoms with Crippen molar-refractivity contribution in [2.45, 2.75) is 25.4 Å². The molecule has 1 nitrogen and oxygen atoms in total. The minimum atomic E-state index is -0.407. The Morgan fingerprint density at radius 3 is 2.60 bits per heavy atom. The topological polar surface area (TPSA) is 12.0 Å². The van der Waals surface area contributed by atoms with Crippen LogP contribution in [-0.2, 0) is 6.54 Å². The predicted octanol–water partition coefficient (Wildman–Crippen LogP) is 5.05. The zero-order valence-corrected chi connectivity index (χ0v) is 12.3. The third-order valence-corrected chi connectivity index (χ3v) is 3.99. The second-order valence-corrected chi connectivity index (χ2v) is 5.93. The monoisotopic (exact) mass is 309 g/mol. The molecule has 0 radical (unpaired) electrons. The van der Waals surface area contributed by atoms with Crippen LogP contribution in [0.1, 0.15) is 18.4 Å². The van der Waals surface area contributed by atoms with Gasteiger partial charge in [0.05, 0.1) is 5.02 Å². The van der Waals surface area contributed by atoms with Gasteiger partial charge >= 0.3 is 0 Å². The van der Waals surface area contributed by atoms with Gasteiger partial charge in [-0.05, 0) is 53.8 Å². The highest BCUT2D eigenvalue weighted by atomic mass is 35.5. The summed E-state index contributed by atoms with van der Waals surface area (Å²) in [6.45, 7) is 0.784. The molecule has 2 aromatic rings. The minimum absolute atomic E-state index is 0.128. The normalized spacial score (nSPS) is 14.6. The van der Waals surface area contributed by atoms with Crippen molar-refractivity contribution in [2.24, 2.45) is 0 Å². The molecular weight excluding hydrogens is 296 g/mol. The molecule has 2 aromatic carbocycles. The van der Waals surface area contributed by atoms with Crippen LogP contribution in [0, 0.1) is 5.82 Å². The van der Waals surface area contributed by atoms with Crippen LogP contribution in [0.2, 0.25) is 10.0 Å². The van der Waals surface area contributed by atoms with Crippen LogP contribution in [-0.4, -0.2) is 6.04 Å². The Kier molecular flexibility index (Phi) is 3.97. The van der Waals surface area contributed by atoms with E-state index in [0.29, 0.717) is 11.1 Å². The third kappa shape index (κ3) is 3.14. The van der Waals surface area contributed by atoms with Crippen LogP contribution in [0.15, 0.2) is 36.4 Å². The number of hydrogen-bond donors (Lipinski definition) is 1. The van der Waals surface area contributed by atoms with Gasteiger partial charge in [-0.25, -0.2) is 4.39 Å². The van der Waals surface area contributed by atoms with E-state index in [-0.39, 0.29) is 5.02 Å². The summed E-state index contributed by atoms with van der Waals surface area (Å²) < 4.78 is 13.3. The van der Waals surface area contributed by atoms with Crippen molar-refractivity contribution < 1.29 is 4.39 Å². The minimum Gasteiger partial charge on any atom is -0.310 e. The van der Waals surface area contributed by atoms with Crippen LogP contribution >= 0.6 is 23.2 Å². The van der Waals surface area contributed by atoms with E-state index < -0.39 is 5.82 Å². The fraction of sp³-hybridized carbons (Fsp3) is 0.250. The molecule has 0 unspecified atom stereocenters. The van der Waals surface area contributed by atoms with Gasteiger partial charge in [-0.3, -0.25) is 0 Å². The van der Waals surface area contributed by atoms with Gasteiger partial charge in [0, 0.05) is 17.6 Å². The Balaban J connectivity index is 1.96. The van der Waals surface area contributed by atoms with E-state index in [0.717, 1.165) is 23.2 Å². The SMILES string of the molecule is Fc1ccc(-c2cc(Cl)ccc2CNC2CC2)cc1Cl. The predicted molar refractivity (Wildman–Crippen MR) is 81.7 cm³/mol. The van der Waals surface area contributed by atoms with E-state index >= 15 is 0 Å². The maximum atomic E-state index is 13.3. The van der Waals surface area contributed by atoms with Gasteiger partial charge in [-0.2, -0.15) is 0 Å². The lowest BCUT2D eigenvalue weighted by molar-refractivity contribution is 0.628. The summed E-state index contributed by atoms with van der Waals surface area (Å²) in [4.78, 5) is 0. The number of benzene rings is 2. The molecule has 0 saturated heterocycles. The Morgan fingerprint density at radius 2 is 1.90 bits per heavy atom. The molecule has 0 atom stereocenters. The number of rotatable bonds is 4. The molecule has 0 spiro atoms. The molecule has 1 saturated carbocycles. The van der Waals surface area contributed by atoms with Crippen LogP contribution in [0.4, 0.5) is 4.39 Å². The molecular formula is C16H14Cl2FN. The average molecular weight is 310 g/mol. The maximum absolute atomic E-state index is 13.3. The first-order chi connectivity index (χ1) is 9.63. The summed E-state index contributed by atoms with van der Waals surface area (Å²) in [5.41, 5.74) is 3.02. The first kappa shape index (κ1) is 13.9. The molecule has 0 bridgehead atoms.